The van der Waals surface area contributed by atoms with Crippen LogP contribution in [-0.4, -0.2) is 44.9 Å². The highest BCUT2D eigenvalue weighted by atomic mass is 16.5. The van der Waals surface area contributed by atoms with E-state index in [9.17, 15) is 9.59 Å². The summed E-state index contributed by atoms with van der Waals surface area (Å²) in [5.74, 6) is 0.0424. The zero-order valence-electron chi connectivity index (χ0n) is 10.6. The molecule has 0 aromatic rings. The van der Waals surface area contributed by atoms with Gasteiger partial charge in [0.1, 0.15) is 0 Å². The minimum atomic E-state index is -0.438. The van der Waals surface area contributed by atoms with E-state index in [4.69, 9.17) is 4.74 Å². The highest BCUT2D eigenvalue weighted by Gasteiger charge is 1.99. The number of carbonyl (C=O) groups excluding carboxylic acids is 2. The molecule has 0 atom stereocenters. The summed E-state index contributed by atoms with van der Waals surface area (Å²) < 4.78 is 9.87. The van der Waals surface area contributed by atoms with Gasteiger partial charge in [-0.25, -0.2) is 4.79 Å². The highest BCUT2D eigenvalue weighted by Crippen LogP contribution is 1.84. The molecule has 17 heavy (non-hydrogen) atoms. The van der Waals surface area contributed by atoms with Crippen molar-refractivity contribution in [3.8, 4) is 0 Å². The van der Waals surface area contributed by atoms with Gasteiger partial charge in [0.25, 0.3) is 0 Å². The second kappa shape index (κ2) is 11.2. The van der Waals surface area contributed by atoms with E-state index in [2.05, 4.69) is 15.4 Å². The summed E-state index contributed by atoms with van der Waals surface area (Å²) in [5, 5.41) is 5.26. The normalized spacial score (nSPS) is 9.76. The van der Waals surface area contributed by atoms with Gasteiger partial charge in [-0.2, -0.15) is 0 Å². The molecule has 100 valence electrons. The van der Waals surface area contributed by atoms with Crippen LogP contribution in [0.4, 0.5) is 4.79 Å². The molecule has 0 spiro atoms. The van der Waals surface area contributed by atoms with Gasteiger partial charge in [0.2, 0.25) is 5.91 Å². The van der Waals surface area contributed by atoms with Crippen LogP contribution in [0.1, 0.15) is 26.7 Å². The summed E-state index contributed by atoms with van der Waals surface area (Å²) in [4.78, 5) is 21.9. The zero-order valence-corrected chi connectivity index (χ0v) is 10.6. The van der Waals surface area contributed by atoms with Crippen LogP contribution in [0.2, 0.25) is 0 Å². The highest BCUT2D eigenvalue weighted by molar-refractivity contribution is 5.75. The number of ether oxygens (including phenoxy) is 2. The Bertz CT molecular complexity index is 200. The quantitative estimate of drug-likeness (QED) is 0.586. The second-order valence-corrected chi connectivity index (χ2v) is 3.36. The number of carbonyl (C=O) groups is 2. The molecule has 0 unspecified atom stereocenters. The lowest BCUT2D eigenvalue weighted by atomic mass is 10.3. The minimum Gasteiger partial charge on any atom is -0.450 e. The van der Waals surface area contributed by atoms with Gasteiger partial charge in [0.05, 0.1) is 19.8 Å². The van der Waals surface area contributed by atoms with E-state index in [1.54, 1.807) is 6.92 Å². The third kappa shape index (κ3) is 11.0. The number of hydrogen-bond acceptors (Lipinski definition) is 4. The predicted octanol–water partition coefficient (Wildman–Crippen LogP) is 0.665. The molecule has 0 heterocycles. The molecule has 0 aromatic carbocycles. The fourth-order valence-corrected chi connectivity index (χ4v) is 1.09. The Kier molecular flexibility index (Phi) is 10.3. The number of alkyl carbamates (subject to hydrolysis) is 1. The first kappa shape index (κ1) is 15.7. The van der Waals surface area contributed by atoms with Gasteiger partial charge in [0, 0.05) is 19.5 Å². The van der Waals surface area contributed by atoms with Crippen LogP contribution in [0.15, 0.2) is 0 Å². The van der Waals surface area contributed by atoms with Crippen molar-refractivity contribution in [2.45, 2.75) is 26.7 Å². The van der Waals surface area contributed by atoms with E-state index in [0.717, 1.165) is 6.42 Å². The fraction of sp³-hybridized carbons (Fsp3) is 0.818. The largest absolute Gasteiger partial charge is 0.450 e. The van der Waals surface area contributed by atoms with Crippen molar-refractivity contribution in [1.82, 2.24) is 10.6 Å². The molecule has 6 nitrogen and oxygen atoms in total. The van der Waals surface area contributed by atoms with E-state index in [1.807, 2.05) is 6.92 Å². The molecule has 0 aliphatic rings. The molecule has 0 aromatic heterocycles. The lowest BCUT2D eigenvalue weighted by molar-refractivity contribution is -0.121. The topological polar surface area (TPSA) is 76.7 Å². The maximum absolute atomic E-state index is 11.1. The Morgan fingerprint density at radius 2 is 1.71 bits per heavy atom. The summed E-state index contributed by atoms with van der Waals surface area (Å²) in [6.07, 6.45) is 0.952. The maximum atomic E-state index is 11.1. The minimum absolute atomic E-state index is 0.0424. The first-order valence-electron chi connectivity index (χ1n) is 5.95. The molecular formula is C11H22N2O4. The van der Waals surface area contributed by atoms with Crippen molar-refractivity contribution in [1.29, 1.82) is 0 Å². The van der Waals surface area contributed by atoms with E-state index >= 15 is 0 Å². The first-order chi connectivity index (χ1) is 8.20. The SMILES string of the molecule is CCCC(=O)NCCOCCNC(=O)OCC. The summed E-state index contributed by atoms with van der Waals surface area (Å²) in [7, 11) is 0. The molecule has 6 heteroatoms. The first-order valence-corrected chi connectivity index (χ1v) is 5.95. The van der Waals surface area contributed by atoms with Crippen LogP contribution in [0, 0.1) is 0 Å². The van der Waals surface area contributed by atoms with E-state index in [1.165, 1.54) is 0 Å². The second-order valence-electron chi connectivity index (χ2n) is 3.36. The molecule has 0 aliphatic heterocycles. The summed E-state index contributed by atoms with van der Waals surface area (Å²) in [6, 6.07) is 0. The van der Waals surface area contributed by atoms with Gasteiger partial charge in [-0.1, -0.05) is 6.92 Å². The Morgan fingerprint density at radius 3 is 2.29 bits per heavy atom. The fourth-order valence-electron chi connectivity index (χ4n) is 1.09. The van der Waals surface area contributed by atoms with Crippen LogP contribution >= 0.6 is 0 Å². The molecule has 2 amide bonds. The third-order valence-electron chi connectivity index (χ3n) is 1.84. The Morgan fingerprint density at radius 1 is 1.06 bits per heavy atom. The molecule has 0 fully saturated rings. The number of hydrogen-bond donors (Lipinski definition) is 2. The molecule has 0 aliphatic carbocycles. The van der Waals surface area contributed by atoms with Gasteiger partial charge in [-0.15, -0.1) is 0 Å². The van der Waals surface area contributed by atoms with Crippen LogP contribution in [0.3, 0.4) is 0 Å². The van der Waals surface area contributed by atoms with E-state index in [-0.39, 0.29) is 5.91 Å². The van der Waals surface area contributed by atoms with Crippen molar-refractivity contribution in [2.24, 2.45) is 0 Å². The lowest BCUT2D eigenvalue weighted by Gasteiger charge is -2.07. The van der Waals surface area contributed by atoms with Gasteiger partial charge < -0.3 is 20.1 Å². The van der Waals surface area contributed by atoms with Crippen molar-refractivity contribution in [3.63, 3.8) is 0 Å². The van der Waals surface area contributed by atoms with Crippen molar-refractivity contribution in [3.05, 3.63) is 0 Å². The average Bonchev–Trinajstić information content (AvgIpc) is 2.28. The van der Waals surface area contributed by atoms with Crippen LogP contribution in [-0.2, 0) is 14.3 Å². The number of amides is 2. The van der Waals surface area contributed by atoms with Crippen LogP contribution < -0.4 is 10.6 Å². The predicted molar refractivity (Wildman–Crippen MR) is 63.8 cm³/mol. The average molecular weight is 246 g/mol. The lowest BCUT2D eigenvalue weighted by Crippen LogP contribution is -2.30. The van der Waals surface area contributed by atoms with Gasteiger partial charge in [-0.05, 0) is 13.3 Å². The van der Waals surface area contributed by atoms with Crippen molar-refractivity contribution >= 4 is 12.0 Å². The zero-order chi connectivity index (χ0) is 12.9. The summed E-state index contributed by atoms with van der Waals surface area (Å²) in [6.45, 7) is 5.81. The maximum Gasteiger partial charge on any atom is 0.407 e. The molecule has 0 saturated carbocycles. The van der Waals surface area contributed by atoms with Gasteiger partial charge in [-0.3, -0.25) is 4.79 Å². The monoisotopic (exact) mass is 246 g/mol. The van der Waals surface area contributed by atoms with Gasteiger partial charge >= 0.3 is 6.09 Å². The standard InChI is InChI=1S/C11H22N2O4/c1-3-5-10(14)12-6-8-16-9-7-13-11(15)17-4-2/h3-9H2,1-2H3,(H,12,14)(H,13,15). The molecule has 0 radical (unpaired) electrons. The third-order valence-corrected chi connectivity index (χ3v) is 1.84. The van der Waals surface area contributed by atoms with E-state index in [0.29, 0.717) is 39.3 Å². The molecule has 0 saturated heterocycles. The summed E-state index contributed by atoms with van der Waals surface area (Å²) >= 11 is 0. The molecule has 2 N–H and O–H groups in total. The molecule has 0 rings (SSSR count). The van der Waals surface area contributed by atoms with Gasteiger partial charge in [0.15, 0.2) is 0 Å². The Labute approximate surface area is 102 Å². The molecule has 0 bridgehead atoms. The Balaban J connectivity index is 3.18. The van der Waals surface area contributed by atoms with E-state index < -0.39 is 6.09 Å². The van der Waals surface area contributed by atoms with Crippen LogP contribution in [0.25, 0.3) is 0 Å². The number of nitrogens with one attached hydrogen (secondary N) is 2. The smallest absolute Gasteiger partial charge is 0.407 e. The Hall–Kier alpha value is -1.30. The van der Waals surface area contributed by atoms with Crippen LogP contribution in [0.5, 0.6) is 0 Å². The van der Waals surface area contributed by atoms with Crippen molar-refractivity contribution < 1.29 is 19.1 Å². The van der Waals surface area contributed by atoms with Crippen molar-refractivity contribution in [2.75, 3.05) is 32.9 Å². The summed E-state index contributed by atoms with van der Waals surface area (Å²) in [5.41, 5.74) is 0. The number of rotatable bonds is 9. The molecular weight excluding hydrogens is 224 g/mol.